The predicted octanol–water partition coefficient (Wildman–Crippen LogP) is 4.56. The first-order valence-corrected chi connectivity index (χ1v) is 8.90. The van der Waals surface area contributed by atoms with Gasteiger partial charge >= 0.3 is 6.18 Å². The van der Waals surface area contributed by atoms with E-state index < -0.39 is 23.3 Å². The first kappa shape index (κ1) is 19.7. The summed E-state index contributed by atoms with van der Waals surface area (Å²) in [6.45, 7) is 2.12. The number of hydrogen-bond acceptors (Lipinski definition) is 2. The van der Waals surface area contributed by atoms with Gasteiger partial charge in [-0.3, -0.25) is 4.79 Å². The van der Waals surface area contributed by atoms with Gasteiger partial charge in [-0.2, -0.15) is 18.3 Å². The summed E-state index contributed by atoms with van der Waals surface area (Å²) in [7, 11) is 0. The van der Waals surface area contributed by atoms with Crippen LogP contribution in [-0.4, -0.2) is 22.2 Å². The van der Waals surface area contributed by atoms with E-state index in [2.05, 4.69) is 10.4 Å². The number of alkyl halides is 3. The van der Waals surface area contributed by atoms with Crippen LogP contribution in [0.2, 0.25) is 0 Å². The second-order valence-electron chi connectivity index (χ2n) is 6.50. The molecule has 3 rings (SSSR count). The number of rotatable bonds is 6. The fourth-order valence-electron chi connectivity index (χ4n) is 2.90. The minimum Gasteiger partial charge on any atom is -0.352 e. The summed E-state index contributed by atoms with van der Waals surface area (Å²) in [5.41, 5.74) is 0.728. The molecule has 3 aromatic rings. The van der Waals surface area contributed by atoms with Crippen LogP contribution in [0.3, 0.4) is 0 Å². The lowest BCUT2D eigenvalue weighted by molar-refractivity contribution is -0.143. The van der Waals surface area contributed by atoms with Crippen LogP contribution in [0.5, 0.6) is 0 Å². The van der Waals surface area contributed by atoms with Gasteiger partial charge in [0.05, 0.1) is 17.4 Å². The summed E-state index contributed by atoms with van der Waals surface area (Å²) < 4.78 is 41.7. The number of nitrogens with zero attached hydrogens (tertiary/aromatic N) is 2. The summed E-state index contributed by atoms with van der Waals surface area (Å²) in [5, 5.41) is 6.38. The SMILES string of the molecule is Cc1ccc(-n2ncc(C(=O)NCCCc3ccccc3)c2C(F)(F)F)cc1. The Morgan fingerprint density at radius 1 is 1.07 bits per heavy atom. The second kappa shape index (κ2) is 8.29. The standard InChI is InChI=1S/C21H20F3N3O/c1-15-9-11-17(12-10-15)27-19(21(22,23)24)18(14-26-27)20(28)25-13-5-8-16-6-3-2-4-7-16/h2-4,6-7,9-12,14H,5,8,13H2,1H3,(H,25,28). The highest BCUT2D eigenvalue weighted by Gasteiger charge is 2.40. The molecule has 0 bridgehead atoms. The molecule has 0 atom stereocenters. The molecule has 0 aliphatic rings. The van der Waals surface area contributed by atoms with Gasteiger partial charge < -0.3 is 5.32 Å². The van der Waals surface area contributed by atoms with Crippen molar-refractivity contribution in [2.45, 2.75) is 25.9 Å². The molecule has 4 nitrogen and oxygen atoms in total. The summed E-state index contributed by atoms with van der Waals surface area (Å²) in [6.07, 6.45) is -2.38. The smallest absolute Gasteiger partial charge is 0.352 e. The number of carbonyl (C=O) groups excluding carboxylic acids is 1. The maximum Gasteiger partial charge on any atom is 0.434 e. The molecule has 1 aromatic heterocycles. The molecule has 28 heavy (non-hydrogen) atoms. The molecule has 7 heteroatoms. The van der Waals surface area contributed by atoms with Gasteiger partial charge in [0.25, 0.3) is 5.91 Å². The Balaban J connectivity index is 1.73. The van der Waals surface area contributed by atoms with Crippen LogP contribution in [0.4, 0.5) is 13.2 Å². The molecule has 1 heterocycles. The molecule has 0 aliphatic carbocycles. The van der Waals surface area contributed by atoms with Gasteiger partial charge in [-0.1, -0.05) is 48.0 Å². The maximum atomic E-state index is 13.6. The van der Waals surface area contributed by atoms with Crippen molar-refractivity contribution in [2.24, 2.45) is 0 Å². The van der Waals surface area contributed by atoms with Crippen LogP contribution in [0.25, 0.3) is 5.69 Å². The molecule has 0 saturated heterocycles. The number of aryl methyl sites for hydroxylation is 2. The third-order valence-corrected chi connectivity index (χ3v) is 4.33. The van der Waals surface area contributed by atoms with Crippen molar-refractivity contribution in [1.29, 1.82) is 0 Å². The number of amides is 1. The van der Waals surface area contributed by atoms with E-state index in [4.69, 9.17) is 0 Å². The van der Waals surface area contributed by atoms with Crippen LogP contribution >= 0.6 is 0 Å². The first-order valence-electron chi connectivity index (χ1n) is 8.90. The third kappa shape index (κ3) is 4.60. The molecule has 0 fully saturated rings. The zero-order valence-electron chi connectivity index (χ0n) is 15.3. The zero-order chi connectivity index (χ0) is 20.1. The molecule has 2 aromatic carbocycles. The lowest BCUT2D eigenvalue weighted by atomic mass is 10.1. The number of aromatic nitrogens is 2. The van der Waals surface area contributed by atoms with Crippen molar-refractivity contribution >= 4 is 5.91 Å². The van der Waals surface area contributed by atoms with E-state index in [1.165, 1.54) is 0 Å². The van der Waals surface area contributed by atoms with E-state index in [-0.39, 0.29) is 12.2 Å². The van der Waals surface area contributed by atoms with Crippen molar-refractivity contribution in [1.82, 2.24) is 15.1 Å². The summed E-state index contributed by atoms with van der Waals surface area (Å²) in [6, 6.07) is 16.2. The summed E-state index contributed by atoms with van der Waals surface area (Å²) in [5.74, 6) is -0.779. The van der Waals surface area contributed by atoms with Crippen LogP contribution in [0.1, 0.15) is 33.6 Å². The van der Waals surface area contributed by atoms with Gasteiger partial charge in [0.15, 0.2) is 5.69 Å². The van der Waals surface area contributed by atoms with Gasteiger partial charge in [0.2, 0.25) is 0 Å². The highest BCUT2D eigenvalue weighted by Crippen LogP contribution is 2.33. The van der Waals surface area contributed by atoms with E-state index in [1.54, 1.807) is 24.3 Å². The van der Waals surface area contributed by atoms with Crippen molar-refractivity contribution in [3.8, 4) is 5.69 Å². The molecule has 0 unspecified atom stereocenters. The molecule has 146 valence electrons. The highest BCUT2D eigenvalue weighted by molar-refractivity contribution is 5.95. The highest BCUT2D eigenvalue weighted by atomic mass is 19.4. The van der Waals surface area contributed by atoms with Crippen molar-refractivity contribution < 1.29 is 18.0 Å². The molecule has 0 radical (unpaired) electrons. The number of benzene rings is 2. The van der Waals surface area contributed by atoms with Gasteiger partial charge in [0.1, 0.15) is 0 Å². The average molecular weight is 387 g/mol. The molecule has 1 amide bonds. The minimum atomic E-state index is -4.71. The fraction of sp³-hybridized carbons (Fsp3) is 0.238. The molecule has 0 spiro atoms. The lowest BCUT2D eigenvalue weighted by Crippen LogP contribution is -2.27. The summed E-state index contributed by atoms with van der Waals surface area (Å²) >= 11 is 0. The Morgan fingerprint density at radius 3 is 2.39 bits per heavy atom. The van der Waals surface area contributed by atoms with Crippen LogP contribution < -0.4 is 5.32 Å². The van der Waals surface area contributed by atoms with Gasteiger partial charge in [-0.15, -0.1) is 0 Å². The summed E-state index contributed by atoms with van der Waals surface area (Å²) in [4.78, 5) is 12.4. The second-order valence-corrected chi connectivity index (χ2v) is 6.50. The van der Waals surface area contributed by atoms with Crippen LogP contribution in [0.15, 0.2) is 60.8 Å². The number of hydrogen-bond donors (Lipinski definition) is 1. The molecular weight excluding hydrogens is 367 g/mol. The molecule has 1 N–H and O–H groups in total. The predicted molar refractivity (Wildman–Crippen MR) is 100 cm³/mol. The van der Waals surface area contributed by atoms with Gasteiger partial charge in [-0.25, -0.2) is 4.68 Å². The third-order valence-electron chi connectivity index (χ3n) is 4.33. The Bertz CT molecular complexity index is 932. The monoisotopic (exact) mass is 387 g/mol. The average Bonchev–Trinajstić information content (AvgIpc) is 3.12. The van der Waals surface area contributed by atoms with Crippen LogP contribution in [0, 0.1) is 6.92 Å². The Morgan fingerprint density at radius 2 is 1.75 bits per heavy atom. The van der Waals surface area contributed by atoms with Crippen molar-refractivity contribution in [2.75, 3.05) is 6.54 Å². The fourth-order valence-corrected chi connectivity index (χ4v) is 2.90. The minimum absolute atomic E-state index is 0.251. The zero-order valence-corrected chi connectivity index (χ0v) is 15.3. The van der Waals surface area contributed by atoms with E-state index in [0.29, 0.717) is 6.42 Å². The molecule has 0 saturated carbocycles. The normalized spacial score (nSPS) is 11.4. The van der Waals surface area contributed by atoms with E-state index in [0.717, 1.165) is 28.4 Å². The van der Waals surface area contributed by atoms with E-state index >= 15 is 0 Å². The number of halogens is 3. The van der Waals surface area contributed by atoms with E-state index in [9.17, 15) is 18.0 Å². The van der Waals surface area contributed by atoms with Crippen molar-refractivity contribution in [3.05, 3.63) is 83.2 Å². The Labute approximate surface area is 161 Å². The largest absolute Gasteiger partial charge is 0.434 e. The Kier molecular flexibility index (Phi) is 5.82. The molecule has 0 aliphatic heterocycles. The topological polar surface area (TPSA) is 46.9 Å². The quantitative estimate of drug-likeness (QED) is 0.630. The molecular formula is C21H20F3N3O. The number of carbonyl (C=O) groups is 1. The first-order chi connectivity index (χ1) is 13.4. The van der Waals surface area contributed by atoms with Gasteiger partial charge in [-0.05, 0) is 37.5 Å². The number of nitrogens with one attached hydrogen (secondary N) is 1. The maximum absolute atomic E-state index is 13.6. The van der Waals surface area contributed by atoms with Crippen molar-refractivity contribution in [3.63, 3.8) is 0 Å². The Hall–Kier alpha value is -3.09. The van der Waals surface area contributed by atoms with E-state index in [1.807, 2.05) is 37.3 Å². The van der Waals surface area contributed by atoms with Gasteiger partial charge in [0, 0.05) is 6.54 Å². The lowest BCUT2D eigenvalue weighted by Gasteiger charge is -2.13. The van der Waals surface area contributed by atoms with Crippen LogP contribution in [-0.2, 0) is 12.6 Å².